The number of nitrogens with zero attached hydrogens (tertiary/aromatic N) is 2. The van der Waals surface area contributed by atoms with Crippen LogP contribution in [-0.4, -0.2) is 16.3 Å². The van der Waals surface area contributed by atoms with Gasteiger partial charge in [-0.3, -0.25) is 4.68 Å². The van der Waals surface area contributed by atoms with E-state index in [1.54, 1.807) is 0 Å². The fourth-order valence-electron chi connectivity index (χ4n) is 2.26. The van der Waals surface area contributed by atoms with Crippen LogP contribution < -0.4 is 5.32 Å². The summed E-state index contributed by atoms with van der Waals surface area (Å²) in [4.78, 5) is 0. The molecule has 0 bridgehead atoms. The molecule has 0 saturated heterocycles. The molecule has 1 aromatic heterocycles. The minimum Gasteiger partial charge on any atom is -0.310 e. The van der Waals surface area contributed by atoms with Crippen molar-refractivity contribution in [2.24, 2.45) is 7.05 Å². The smallest absolute Gasteiger partial charge is 0.0643 e. The fraction of sp³-hybridized carbons (Fsp3) is 0.400. The minimum absolute atomic E-state index is 0.201. The van der Waals surface area contributed by atoms with Crippen molar-refractivity contribution in [3.8, 4) is 0 Å². The van der Waals surface area contributed by atoms with E-state index in [4.69, 9.17) is 11.6 Å². The highest BCUT2D eigenvalue weighted by Gasteiger charge is 2.16. The maximum atomic E-state index is 6.43. The van der Waals surface area contributed by atoms with Gasteiger partial charge < -0.3 is 5.32 Å². The summed E-state index contributed by atoms with van der Waals surface area (Å²) in [7, 11) is 1.94. The lowest BCUT2D eigenvalue weighted by atomic mass is 10.00. The SMILES string of the molecule is CCNC(Cc1ccn(C)n1)c1cccc(C)c1Cl. The molecule has 0 spiro atoms. The highest BCUT2D eigenvalue weighted by Crippen LogP contribution is 2.28. The Kier molecular flexibility index (Phi) is 4.61. The number of benzene rings is 1. The van der Waals surface area contributed by atoms with Gasteiger partial charge in [-0.05, 0) is 30.7 Å². The van der Waals surface area contributed by atoms with Crippen LogP contribution in [0.15, 0.2) is 30.5 Å². The van der Waals surface area contributed by atoms with E-state index in [-0.39, 0.29) is 6.04 Å². The summed E-state index contributed by atoms with van der Waals surface area (Å²) in [6, 6.07) is 8.43. The van der Waals surface area contributed by atoms with Crippen molar-refractivity contribution in [3.05, 3.63) is 52.3 Å². The zero-order valence-electron chi connectivity index (χ0n) is 11.7. The molecule has 1 aromatic carbocycles. The summed E-state index contributed by atoms with van der Waals surface area (Å²) in [5.74, 6) is 0. The Morgan fingerprint density at radius 3 is 2.79 bits per heavy atom. The number of rotatable bonds is 5. The number of aryl methyl sites for hydroxylation is 2. The number of hydrogen-bond acceptors (Lipinski definition) is 2. The Hall–Kier alpha value is -1.32. The third-order valence-corrected chi connectivity index (χ3v) is 3.75. The number of likely N-dealkylation sites (N-methyl/N-ethyl adjacent to an activating group) is 1. The van der Waals surface area contributed by atoms with Crippen LogP contribution in [-0.2, 0) is 13.5 Å². The monoisotopic (exact) mass is 277 g/mol. The van der Waals surface area contributed by atoms with Gasteiger partial charge in [0.15, 0.2) is 0 Å². The molecule has 1 atom stereocenters. The van der Waals surface area contributed by atoms with E-state index < -0.39 is 0 Å². The van der Waals surface area contributed by atoms with E-state index in [1.807, 2.05) is 37.0 Å². The van der Waals surface area contributed by atoms with Gasteiger partial charge in [0.1, 0.15) is 0 Å². The Morgan fingerprint density at radius 1 is 1.37 bits per heavy atom. The molecular weight excluding hydrogens is 258 g/mol. The van der Waals surface area contributed by atoms with Crippen LogP contribution in [0.2, 0.25) is 5.02 Å². The van der Waals surface area contributed by atoms with E-state index in [0.29, 0.717) is 0 Å². The normalized spacial score (nSPS) is 12.6. The predicted octanol–water partition coefficient (Wildman–Crippen LogP) is 3.28. The predicted molar refractivity (Wildman–Crippen MR) is 79.5 cm³/mol. The maximum Gasteiger partial charge on any atom is 0.0643 e. The van der Waals surface area contributed by atoms with Crippen molar-refractivity contribution in [2.75, 3.05) is 6.54 Å². The Balaban J connectivity index is 2.26. The third-order valence-electron chi connectivity index (χ3n) is 3.23. The Bertz CT molecular complexity index is 548. The molecule has 0 aliphatic heterocycles. The van der Waals surface area contributed by atoms with Crippen molar-refractivity contribution in [1.29, 1.82) is 0 Å². The first-order chi connectivity index (χ1) is 9.11. The van der Waals surface area contributed by atoms with Gasteiger partial charge in [-0.25, -0.2) is 0 Å². The first kappa shape index (κ1) is 14.1. The number of hydrogen-bond donors (Lipinski definition) is 1. The molecule has 0 fully saturated rings. The van der Waals surface area contributed by atoms with Crippen LogP contribution in [0.4, 0.5) is 0 Å². The molecular formula is C15H20ClN3. The molecule has 1 unspecified atom stereocenters. The lowest BCUT2D eigenvalue weighted by Crippen LogP contribution is -2.23. The van der Waals surface area contributed by atoms with Crippen molar-refractivity contribution in [3.63, 3.8) is 0 Å². The highest BCUT2D eigenvalue weighted by molar-refractivity contribution is 6.32. The summed E-state index contributed by atoms with van der Waals surface area (Å²) >= 11 is 6.43. The van der Waals surface area contributed by atoms with Gasteiger partial charge in [0.05, 0.1) is 5.69 Å². The van der Waals surface area contributed by atoms with Crippen LogP contribution in [0.3, 0.4) is 0 Å². The molecule has 0 amide bonds. The lowest BCUT2D eigenvalue weighted by molar-refractivity contribution is 0.539. The molecule has 2 rings (SSSR count). The lowest BCUT2D eigenvalue weighted by Gasteiger charge is -2.19. The van der Waals surface area contributed by atoms with Gasteiger partial charge >= 0.3 is 0 Å². The summed E-state index contributed by atoms with van der Waals surface area (Å²) in [6.45, 7) is 5.05. The second kappa shape index (κ2) is 6.22. The van der Waals surface area contributed by atoms with Crippen LogP contribution in [0.1, 0.15) is 29.8 Å². The summed E-state index contributed by atoms with van der Waals surface area (Å²) < 4.78 is 1.83. The standard InChI is InChI=1S/C15H20ClN3/c1-4-17-14(10-12-8-9-19(3)18-12)13-7-5-6-11(2)15(13)16/h5-9,14,17H,4,10H2,1-3H3. The van der Waals surface area contributed by atoms with E-state index >= 15 is 0 Å². The van der Waals surface area contributed by atoms with Crippen LogP contribution in [0.25, 0.3) is 0 Å². The van der Waals surface area contributed by atoms with Crippen molar-refractivity contribution >= 4 is 11.6 Å². The molecule has 4 heteroatoms. The van der Waals surface area contributed by atoms with Gasteiger partial charge in [0, 0.05) is 30.7 Å². The second-order valence-electron chi connectivity index (χ2n) is 4.77. The molecule has 0 saturated carbocycles. The molecule has 19 heavy (non-hydrogen) atoms. The largest absolute Gasteiger partial charge is 0.310 e. The molecule has 3 nitrogen and oxygen atoms in total. The third kappa shape index (κ3) is 3.37. The topological polar surface area (TPSA) is 29.9 Å². The minimum atomic E-state index is 0.201. The van der Waals surface area contributed by atoms with Crippen LogP contribution in [0.5, 0.6) is 0 Å². The average molecular weight is 278 g/mol. The van der Waals surface area contributed by atoms with E-state index in [9.17, 15) is 0 Å². The quantitative estimate of drug-likeness (QED) is 0.909. The van der Waals surface area contributed by atoms with Gasteiger partial charge in [-0.1, -0.05) is 36.7 Å². The fourth-order valence-corrected chi connectivity index (χ4v) is 2.52. The first-order valence-electron chi connectivity index (χ1n) is 6.58. The second-order valence-corrected chi connectivity index (χ2v) is 5.15. The van der Waals surface area contributed by atoms with Crippen molar-refractivity contribution in [2.45, 2.75) is 26.3 Å². The average Bonchev–Trinajstić information content (AvgIpc) is 2.78. The first-order valence-corrected chi connectivity index (χ1v) is 6.96. The van der Waals surface area contributed by atoms with E-state index in [1.165, 1.54) is 0 Å². The van der Waals surface area contributed by atoms with Gasteiger partial charge in [0.25, 0.3) is 0 Å². The number of nitrogens with one attached hydrogen (secondary N) is 1. The molecule has 0 radical (unpaired) electrons. The molecule has 0 aliphatic rings. The molecule has 1 heterocycles. The van der Waals surface area contributed by atoms with Gasteiger partial charge in [0.2, 0.25) is 0 Å². The number of aromatic nitrogens is 2. The Morgan fingerprint density at radius 2 is 2.16 bits per heavy atom. The molecule has 2 aromatic rings. The zero-order valence-corrected chi connectivity index (χ0v) is 12.4. The summed E-state index contributed by atoms with van der Waals surface area (Å²) in [5, 5.41) is 8.79. The van der Waals surface area contributed by atoms with E-state index in [0.717, 1.165) is 34.8 Å². The molecule has 0 aliphatic carbocycles. The van der Waals surface area contributed by atoms with E-state index in [2.05, 4.69) is 29.5 Å². The van der Waals surface area contributed by atoms with Gasteiger partial charge in [-0.15, -0.1) is 0 Å². The maximum absolute atomic E-state index is 6.43. The molecule has 102 valence electrons. The van der Waals surface area contributed by atoms with Crippen LogP contribution >= 0.6 is 11.6 Å². The van der Waals surface area contributed by atoms with Gasteiger partial charge in [-0.2, -0.15) is 5.10 Å². The van der Waals surface area contributed by atoms with Crippen molar-refractivity contribution in [1.82, 2.24) is 15.1 Å². The van der Waals surface area contributed by atoms with Crippen LogP contribution in [0, 0.1) is 6.92 Å². The Labute approximate surface area is 119 Å². The summed E-state index contributed by atoms with van der Waals surface area (Å²) in [5.41, 5.74) is 3.34. The summed E-state index contributed by atoms with van der Waals surface area (Å²) in [6.07, 6.45) is 2.81. The van der Waals surface area contributed by atoms with Crippen molar-refractivity contribution < 1.29 is 0 Å². The zero-order chi connectivity index (χ0) is 13.8. The molecule has 1 N–H and O–H groups in total. The number of halogens is 1. The highest BCUT2D eigenvalue weighted by atomic mass is 35.5.